The number of carbonyl (C=O) groups is 1. The zero-order valence-corrected chi connectivity index (χ0v) is 16.2. The second-order valence-electron chi connectivity index (χ2n) is 7.88. The molecule has 1 aliphatic carbocycles. The number of hydrogen-bond donors (Lipinski definition) is 1. The Morgan fingerprint density at radius 3 is 2.61 bits per heavy atom. The quantitative estimate of drug-likeness (QED) is 0.633. The Morgan fingerprint density at radius 1 is 1.13 bits per heavy atom. The van der Waals surface area contributed by atoms with Gasteiger partial charge in [0.15, 0.2) is 0 Å². The van der Waals surface area contributed by atoms with Crippen molar-refractivity contribution in [1.29, 1.82) is 0 Å². The van der Waals surface area contributed by atoms with E-state index in [9.17, 15) is 23.1 Å². The van der Waals surface area contributed by atoms with Crippen molar-refractivity contribution >= 4 is 5.91 Å². The van der Waals surface area contributed by atoms with Gasteiger partial charge < -0.3 is 14.4 Å². The molecular formula is C22H18F3N3O3. The molecule has 0 saturated heterocycles. The van der Waals surface area contributed by atoms with Crippen LogP contribution in [0.15, 0.2) is 46.9 Å². The highest BCUT2D eigenvalue weighted by atomic mass is 19.3. The lowest BCUT2D eigenvalue weighted by Crippen LogP contribution is -2.41. The first kappa shape index (κ1) is 19.7. The summed E-state index contributed by atoms with van der Waals surface area (Å²) in [4.78, 5) is 14.8. The highest BCUT2D eigenvalue weighted by Gasteiger charge is 2.45. The number of rotatable bonds is 6. The SMILES string of the molecule is O=C1c2cc(-c3nnc(C(F)F)o3)ccc2CN1[C@H](C1CC1)[C@@H](O)c1cccc(F)c1. The molecule has 0 unspecified atom stereocenters. The molecule has 1 aromatic heterocycles. The molecule has 1 N–H and O–H groups in total. The number of nitrogens with zero attached hydrogens (tertiary/aromatic N) is 3. The van der Waals surface area contributed by atoms with Crippen LogP contribution in [0, 0.1) is 11.7 Å². The van der Waals surface area contributed by atoms with Gasteiger partial charge in [-0.3, -0.25) is 4.79 Å². The lowest BCUT2D eigenvalue weighted by molar-refractivity contribution is 0.0291. The minimum atomic E-state index is -2.88. The predicted molar refractivity (Wildman–Crippen MR) is 102 cm³/mol. The van der Waals surface area contributed by atoms with Gasteiger partial charge in [0, 0.05) is 17.7 Å². The molecule has 0 bridgehead atoms. The van der Waals surface area contributed by atoms with E-state index < -0.39 is 30.3 Å². The summed E-state index contributed by atoms with van der Waals surface area (Å²) in [6, 6.07) is 10.2. The number of aliphatic hydroxyl groups is 1. The number of halogens is 3. The van der Waals surface area contributed by atoms with E-state index in [0.717, 1.165) is 18.4 Å². The average molecular weight is 429 g/mol. The van der Waals surface area contributed by atoms with Gasteiger partial charge >= 0.3 is 6.43 Å². The van der Waals surface area contributed by atoms with Crippen LogP contribution < -0.4 is 0 Å². The van der Waals surface area contributed by atoms with E-state index in [1.165, 1.54) is 18.2 Å². The highest BCUT2D eigenvalue weighted by Crippen LogP contribution is 2.44. The fourth-order valence-corrected chi connectivity index (χ4v) is 4.14. The first-order chi connectivity index (χ1) is 14.9. The van der Waals surface area contributed by atoms with Crippen LogP contribution in [0.1, 0.15) is 52.7 Å². The van der Waals surface area contributed by atoms with E-state index in [1.54, 1.807) is 29.2 Å². The Morgan fingerprint density at radius 2 is 1.94 bits per heavy atom. The number of alkyl halides is 2. The summed E-state index contributed by atoms with van der Waals surface area (Å²) in [6.45, 7) is 0.300. The Labute approximate surface area is 175 Å². The van der Waals surface area contributed by atoms with Crippen LogP contribution in [0.25, 0.3) is 11.5 Å². The predicted octanol–water partition coefficient (Wildman–Crippen LogP) is 4.28. The minimum absolute atomic E-state index is 0.0945. The van der Waals surface area contributed by atoms with Crippen molar-refractivity contribution in [3.05, 3.63) is 70.9 Å². The second kappa shape index (κ2) is 7.49. The molecule has 1 saturated carbocycles. The Kier molecular flexibility index (Phi) is 4.77. The molecule has 2 atom stereocenters. The smallest absolute Gasteiger partial charge is 0.314 e. The van der Waals surface area contributed by atoms with Crippen molar-refractivity contribution in [1.82, 2.24) is 15.1 Å². The number of carbonyl (C=O) groups excluding carboxylic acids is 1. The second-order valence-corrected chi connectivity index (χ2v) is 7.88. The van der Waals surface area contributed by atoms with Crippen LogP contribution in [0.5, 0.6) is 0 Å². The third-order valence-corrected chi connectivity index (χ3v) is 5.79. The molecule has 2 aliphatic rings. The lowest BCUT2D eigenvalue weighted by atomic mass is 9.97. The molecule has 0 spiro atoms. The summed E-state index contributed by atoms with van der Waals surface area (Å²) < 4.78 is 44.1. The van der Waals surface area contributed by atoms with E-state index in [-0.39, 0.29) is 17.7 Å². The fraction of sp³-hybridized carbons (Fsp3) is 0.318. The molecule has 160 valence electrons. The van der Waals surface area contributed by atoms with Gasteiger partial charge in [0.2, 0.25) is 5.89 Å². The van der Waals surface area contributed by atoms with Crippen molar-refractivity contribution < 1.29 is 27.5 Å². The van der Waals surface area contributed by atoms with Crippen LogP contribution in [-0.2, 0) is 6.54 Å². The number of fused-ring (bicyclic) bond motifs is 1. The van der Waals surface area contributed by atoms with Gasteiger partial charge in [0.1, 0.15) is 5.82 Å². The van der Waals surface area contributed by atoms with Crippen molar-refractivity contribution in [3.8, 4) is 11.5 Å². The van der Waals surface area contributed by atoms with Gasteiger partial charge in [-0.1, -0.05) is 18.2 Å². The number of aliphatic hydroxyl groups excluding tert-OH is 1. The molecule has 31 heavy (non-hydrogen) atoms. The fourth-order valence-electron chi connectivity index (χ4n) is 4.14. The summed E-state index contributed by atoms with van der Waals surface area (Å²) in [5.41, 5.74) is 1.93. The van der Waals surface area contributed by atoms with Gasteiger partial charge in [0.05, 0.1) is 12.1 Å². The molecule has 0 radical (unpaired) electrons. The molecule has 2 aromatic carbocycles. The van der Waals surface area contributed by atoms with Gasteiger partial charge in [-0.05, 0) is 54.2 Å². The maximum atomic E-state index is 13.7. The maximum absolute atomic E-state index is 13.7. The normalized spacial score (nSPS) is 17.8. The summed E-state index contributed by atoms with van der Waals surface area (Å²) in [7, 11) is 0. The summed E-state index contributed by atoms with van der Waals surface area (Å²) in [6.07, 6.45) is -2.15. The van der Waals surface area contributed by atoms with E-state index in [4.69, 9.17) is 4.42 Å². The van der Waals surface area contributed by atoms with Crippen LogP contribution in [0.4, 0.5) is 13.2 Å². The minimum Gasteiger partial charge on any atom is -0.415 e. The topological polar surface area (TPSA) is 79.5 Å². The Bertz CT molecular complexity index is 1150. The third-order valence-electron chi connectivity index (χ3n) is 5.79. The first-order valence-corrected chi connectivity index (χ1v) is 9.91. The molecule has 2 heterocycles. The first-order valence-electron chi connectivity index (χ1n) is 9.91. The molecular weight excluding hydrogens is 411 g/mol. The van der Waals surface area contributed by atoms with Crippen molar-refractivity contribution in [2.45, 2.75) is 38.0 Å². The van der Waals surface area contributed by atoms with Crippen molar-refractivity contribution in [2.24, 2.45) is 5.92 Å². The number of benzene rings is 2. The largest absolute Gasteiger partial charge is 0.415 e. The number of hydrogen-bond acceptors (Lipinski definition) is 5. The molecule has 3 aromatic rings. The molecule has 1 fully saturated rings. The zero-order chi connectivity index (χ0) is 21.7. The third kappa shape index (κ3) is 3.59. The van der Waals surface area contributed by atoms with Gasteiger partial charge in [0.25, 0.3) is 11.8 Å². The summed E-state index contributed by atoms with van der Waals surface area (Å²) in [5, 5.41) is 17.9. The monoisotopic (exact) mass is 429 g/mol. The average Bonchev–Trinajstić information content (AvgIpc) is 3.36. The Balaban J connectivity index is 1.44. The lowest BCUT2D eigenvalue weighted by Gasteiger charge is -2.32. The van der Waals surface area contributed by atoms with Gasteiger partial charge in [-0.25, -0.2) is 4.39 Å². The van der Waals surface area contributed by atoms with Gasteiger partial charge in [-0.15, -0.1) is 10.2 Å². The molecule has 9 heteroatoms. The molecule has 5 rings (SSSR count). The van der Waals surface area contributed by atoms with Crippen molar-refractivity contribution in [2.75, 3.05) is 0 Å². The Hall–Kier alpha value is -3.20. The van der Waals surface area contributed by atoms with E-state index in [2.05, 4.69) is 10.2 Å². The zero-order valence-electron chi connectivity index (χ0n) is 16.2. The van der Waals surface area contributed by atoms with Crippen LogP contribution in [0.2, 0.25) is 0 Å². The van der Waals surface area contributed by atoms with E-state index >= 15 is 0 Å². The number of aromatic nitrogens is 2. The molecule has 1 aliphatic heterocycles. The number of amides is 1. The van der Waals surface area contributed by atoms with E-state index in [0.29, 0.717) is 23.2 Å². The van der Waals surface area contributed by atoms with E-state index in [1.807, 2.05) is 0 Å². The maximum Gasteiger partial charge on any atom is 0.314 e. The summed E-state index contributed by atoms with van der Waals surface area (Å²) >= 11 is 0. The standard InChI is InChI=1S/C22H18F3N3O3/c23-15-3-1-2-12(8-15)18(29)17(11-4-5-11)28-10-14-7-6-13(9-16(14)22(28)30)20-26-27-21(31-20)19(24)25/h1-3,6-9,11,17-19,29H,4-5,10H2/t17-,18+/m1/s1. The van der Waals surface area contributed by atoms with Crippen LogP contribution in [-0.4, -0.2) is 32.2 Å². The summed E-state index contributed by atoms with van der Waals surface area (Å²) in [5.74, 6) is -1.48. The van der Waals surface area contributed by atoms with Crippen molar-refractivity contribution in [3.63, 3.8) is 0 Å². The van der Waals surface area contributed by atoms with Crippen LogP contribution >= 0.6 is 0 Å². The molecule has 1 amide bonds. The van der Waals surface area contributed by atoms with Crippen LogP contribution in [0.3, 0.4) is 0 Å². The molecule has 6 nitrogen and oxygen atoms in total. The highest BCUT2D eigenvalue weighted by molar-refractivity contribution is 5.99. The van der Waals surface area contributed by atoms with Gasteiger partial charge in [-0.2, -0.15) is 8.78 Å².